The van der Waals surface area contributed by atoms with Gasteiger partial charge in [0.15, 0.2) is 9.84 Å². The maximum atomic E-state index is 13.2. The fraction of sp³-hybridized carbons (Fsp3) is 0.316. The van der Waals surface area contributed by atoms with Crippen LogP contribution in [-0.4, -0.2) is 48.8 Å². The van der Waals surface area contributed by atoms with Crippen molar-refractivity contribution in [2.75, 3.05) is 18.6 Å². The van der Waals surface area contributed by atoms with E-state index in [1.807, 2.05) is 0 Å². The van der Waals surface area contributed by atoms with E-state index in [2.05, 4.69) is 0 Å². The minimum atomic E-state index is -3.23. The average molecular weight is 404 g/mol. The number of ether oxygens (including phenoxy) is 1. The summed E-state index contributed by atoms with van der Waals surface area (Å²) in [5.41, 5.74) is 0.426. The van der Waals surface area contributed by atoms with E-state index in [1.54, 1.807) is 37.4 Å². The highest BCUT2D eigenvalue weighted by molar-refractivity contribution is 7.91. The van der Waals surface area contributed by atoms with Gasteiger partial charge in [-0.2, -0.15) is 0 Å². The molecule has 2 aromatic rings. The predicted molar refractivity (Wildman–Crippen MR) is 103 cm³/mol. The minimum Gasteiger partial charge on any atom is -0.497 e. The van der Waals surface area contributed by atoms with E-state index in [0.29, 0.717) is 12.2 Å². The van der Waals surface area contributed by atoms with E-state index in [-0.39, 0.29) is 29.3 Å². The molecule has 0 spiro atoms. The smallest absolute Gasteiger partial charge is 0.282 e. The second kappa shape index (κ2) is 7.97. The third-order valence-corrected chi connectivity index (χ3v) is 6.50. The summed E-state index contributed by atoms with van der Waals surface area (Å²) in [6.07, 6.45) is 0.310. The molecule has 3 rings (SSSR count). The van der Waals surface area contributed by atoms with Gasteiger partial charge in [-0.25, -0.2) is 8.42 Å². The first kappa shape index (κ1) is 19.8. The summed E-state index contributed by atoms with van der Waals surface area (Å²) in [6, 6.07) is 12.2. The summed E-state index contributed by atoms with van der Waals surface area (Å²) in [5, 5.41) is 11.3. The van der Waals surface area contributed by atoms with Crippen LogP contribution in [0.1, 0.15) is 22.3 Å². The molecular weight excluding hydrogens is 384 g/mol. The van der Waals surface area contributed by atoms with Crippen LogP contribution in [0.2, 0.25) is 0 Å². The number of hydrogen-bond donors (Lipinski definition) is 0. The molecule has 1 amide bonds. The number of nitro benzene ring substituents is 1. The largest absolute Gasteiger partial charge is 0.497 e. The van der Waals surface area contributed by atoms with E-state index in [9.17, 15) is 23.3 Å². The molecule has 1 aliphatic rings. The van der Waals surface area contributed by atoms with Gasteiger partial charge in [-0.15, -0.1) is 0 Å². The summed E-state index contributed by atoms with van der Waals surface area (Å²) in [7, 11) is -1.69. The lowest BCUT2D eigenvalue weighted by Crippen LogP contribution is -2.40. The lowest BCUT2D eigenvalue weighted by atomic mass is 10.1. The topological polar surface area (TPSA) is 107 Å². The van der Waals surface area contributed by atoms with Crippen LogP contribution in [0.5, 0.6) is 5.75 Å². The number of carbonyl (C=O) groups excluding carboxylic acids is 1. The van der Waals surface area contributed by atoms with Crippen LogP contribution in [0.3, 0.4) is 0 Å². The fourth-order valence-corrected chi connectivity index (χ4v) is 5.01. The van der Waals surface area contributed by atoms with Gasteiger partial charge in [0.05, 0.1) is 23.5 Å². The van der Waals surface area contributed by atoms with E-state index < -0.39 is 26.7 Å². The monoisotopic (exact) mass is 404 g/mol. The van der Waals surface area contributed by atoms with Gasteiger partial charge >= 0.3 is 0 Å². The van der Waals surface area contributed by atoms with Crippen molar-refractivity contribution >= 4 is 21.4 Å². The summed E-state index contributed by atoms with van der Waals surface area (Å²) in [4.78, 5) is 25.3. The van der Waals surface area contributed by atoms with Crippen LogP contribution < -0.4 is 4.74 Å². The van der Waals surface area contributed by atoms with E-state index in [0.717, 1.165) is 5.56 Å². The number of nitro groups is 1. The van der Waals surface area contributed by atoms with Gasteiger partial charge in [-0.1, -0.05) is 24.3 Å². The quantitative estimate of drug-likeness (QED) is 0.541. The molecule has 0 radical (unpaired) electrons. The van der Waals surface area contributed by atoms with Gasteiger partial charge in [-0.3, -0.25) is 14.9 Å². The Balaban J connectivity index is 1.96. The summed E-state index contributed by atoms with van der Waals surface area (Å²) in [5.74, 6) is -0.0369. The van der Waals surface area contributed by atoms with Crippen molar-refractivity contribution < 1.29 is 22.9 Å². The molecule has 1 saturated heterocycles. The Morgan fingerprint density at radius 2 is 1.89 bits per heavy atom. The number of rotatable bonds is 6. The second-order valence-corrected chi connectivity index (χ2v) is 8.84. The van der Waals surface area contributed by atoms with Crippen molar-refractivity contribution in [1.29, 1.82) is 0 Å². The molecule has 0 N–H and O–H groups in total. The van der Waals surface area contributed by atoms with Crippen molar-refractivity contribution in [2.45, 2.75) is 19.0 Å². The van der Waals surface area contributed by atoms with E-state index >= 15 is 0 Å². The summed E-state index contributed by atoms with van der Waals surface area (Å²) in [6.45, 7) is 0.148. The SMILES string of the molecule is COc1ccc(CN(C(=O)c2ccccc2[N+](=O)[O-])C2CCS(=O)(=O)C2)cc1. The molecule has 0 bridgehead atoms. The zero-order valence-corrected chi connectivity index (χ0v) is 16.1. The molecule has 28 heavy (non-hydrogen) atoms. The predicted octanol–water partition coefficient (Wildman–Crippen LogP) is 2.43. The molecule has 1 aliphatic heterocycles. The number of carbonyl (C=O) groups is 1. The molecule has 1 fully saturated rings. The van der Waals surface area contributed by atoms with Crippen LogP contribution in [0.25, 0.3) is 0 Å². The normalized spacial score (nSPS) is 17.8. The Morgan fingerprint density at radius 3 is 2.46 bits per heavy atom. The van der Waals surface area contributed by atoms with Gasteiger partial charge < -0.3 is 9.64 Å². The standard InChI is InChI=1S/C19H20N2O6S/c1-27-16-8-6-14(7-9-16)12-20(15-10-11-28(25,26)13-15)19(22)17-4-2-3-5-18(17)21(23)24/h2-9,15H,10-13H2,1H3. The third-order valence-electron chi connectivity index (χ3n) is 4.75. The number of methoxy groups -OCH3 is 1. The molecule has 0 saturated carbocycles. The zero-order chi connectivity index (χ0) is 20.3. The Morgan fingerprint density at radius 1 is 1.21 bits per heavy atom. The molecule has 9 heteroatoms. The highest BCUT2D eigenvalue weighted by Crippen LogP contribution is 2.26. The first-order chi connectivity index (χ1) is 13.3. The number of para-hydroxylation sites is 1. The number of benzene rings is 2. The Kier molecular flexibility index (Phi) is 5.64. The minimum absolute atomic E-state index is 0.000935. The summed E-state index contributed by atoms with van der Waals surface area (Å²) < 4.78 is 29.0. The molecule has 148 valence electrons. The molecular formula is C19H20N2O6S. The molecule has 0 aromatic heterocycles. The van der Waals surface area contributed by atoms with E-state index in [4.69, 9.17) is 4.74 Å². The highest BCUT2D eigenvalue weighted by atomic mass is 32.2. The maximum Gasteiger partial charge on any atom is 0.282 e. The van der Waals surface area contributed by atoms with Gasteiger partial charge in [0, 0.05) is 18.7 Å². The first-order valence-corrected chi connectivity index (χ1v) is 10.5. The lowest BCUT2D eigenvalue weighted by molar-refractivity contribution is -0.385. The number of hydrogen-bond acceptors (Lipinski definition) is 6. The number of sulfone groups is 1. The molecule has 2 aromatic carbocycles. The number of nitrogens with zero attached hydrogens (tertiary/aromatic N) is 2. The van der Waals surface area contributed by atoms with Gasteiger partial charge in [0.2, 0.25) is 0 Å². The Bertz CT molecular complexity index is 988. The summed E-state index contributed by atoms with van der Waals surface area (Å²) >= 11 is 0. The van der Waals surface area contributed by atoms with Crippen LogP contribution in [0.4, 0.5) is 5.69 Å². The Labute approximate surface area is 162 Å². The molecule has 1 unspecified atom stereocenters. The fourth-order valence-electron chi connectivity index (χ4n) is 3.28. The third kappa shape index (κ3) is 4.30. The van der Waals surface area contributed by atoms with Crippen molar-refractivity contribution in [3.8, 4) is 5.75 Å². The van der Waals surface area contributed by atoms with Crippen molar-refractivity contribution in [2.24, 2.45) is 0 Å². The second-order valence-electron chi connectivity index (χ2n) is 6.61. The molecule has 0 aliphatic carbocycles. The van der Waals surface area contributed by atoms with Crippen molar-refractivity contribution in [1.82, 2.24) is 4.90 Å². The molecule has 8 nitrogen and oxygen atoms in total. The van der Waals surface area contributed by atoms with Crippen molar-refractivity contribution in [3.05, 3.63) is 69.8 Å². The lowest BCUT2D eigenvalue weighted by Gasteiger charge is -2.28. The van der Waals surface area contributed by atoms with E-state index in [1.165, 1.54) is 23.1 Å². The van der Waals surface area contributed by atoms with Crippen molar-refractivity contribution in [3.63, 3.8) is 0 Å². The molecule has 1 atom stereocenters. The van der Waals surface area contributed by atoms with Crippen LogP contribution in [-0.2, 0) is 16.4 Å². The van der Waals surface area contributed by atoms with Gasteiger partial charge in [0.1, 0.15) is 11.3 Å². The van der Waals surface area contributed by atoms with Gasteiger partial charge in [0.25, 0.3) is 11.6 Å². The average Bonchev–Trinajstić information content (AvgIpc) is 3.05. The number of amides is 1. The Hall–Kier alpha value is -2.94. The van der Waals surface area contributed by atoms with Crippen LogP contribution >= 0.6 is 0 Å². The zero-order valence-electron chi connectivity index (χ0n) is 15.3. The highest BCUT2D eigenvalue weighted by Gasteiger charge is 2.36. The van der Waals surface area contributed by atoms with Crippen LogP contribution in [0.15, 0.2) is 48.5 Å². The van der Waals surface area contributed by atoms with Crippen LogP contribution in [0, 0.1) is 10.1 Å². The first-order valence-electron chi connectivity index (χ1n) is 8.68. The molecule has 1 heterocycles. The maximum absolute atomic E-state index is 13.2. The van der Waals surface area contributed by atoms with Gasteiger partial charge in [-0.05, 0) is 30.2 Å².